The van der Waals surface area contributed by atoms with Crippen molar-refractivity contribution < 1.29 is 9.18 Å². The lowest BCUT2D eigenvalue weighted by Crippen LogP contribution is -2.15. The number of halogens is 2. The highest BCUT2D eigenvalue weighted by Crippen LogP contribution is 2.21. The fourth-order valence-electron chi connectivity index (χ4n) is 2.12. The molecule has 1 amide bonds. The Labute approximate surface area is 145 Å². The summed E-state index contributed by atoms with van der Waals surface area (Å²) in [7, 11) is 0. The highest BCUT2D eigenvalue weighted by atomic mass is 79.9. The standard InChI is InChI=1S/C16H13BrFN5O/c1-10-19-7-6-14(20-10)16(24)21-15-12(17)9-23(22-15)8-11-4-2-3-5-13(11)18/h2-7,9H,8H2,1H3,(H,21,22,24). The van der Waals surface area contributed by atoms with E-state index in [4.69, 9.17) is 0 Å². The molecule has 8 heteroatoms. The van der Waals surface area contributed by atoms with Crippen molar-refractivity contribution in [1.29, 1.82) is 0 Å². The summed E-state index contributed by atoms with van der Waals surface area (Å²) in [4.78, 5) is 20.2. The van der Waals surface area contributed by atoms with Crippen LogP contribution in [-0.2, 0) is 6.54 Å². The molecule has 0 aliphatic rings. The van der Waals surface area contributed by atoms with Gasteiger partial charge in [0.2, 0.25) is 0 Å². The Morgan fingerprint density at radius 3 is 2.88 bits per heavy atom. The Morgan fingerprint density at radius 1 is 1.33 bits per heavy atom. The second-order valence-electron chi connectivity index (χ2n) is 5.06. The molecule has 6 nitrogen and oxygen atoms in total. The van der Waals surface area contributed by atoms with Crippen LogP contribution in [0.5, 0.6) is 0 Å². The number of aryl methyl sites for hydroxylation is 1. The van der Waals surface area contributed by atoms with E-state index < -0.39 is 5.91 Å². The van der Waals surface area contributed by atoms with Crippen molar-refractivity contribution in [1.82, 2.24) is 19.7 Å². The molecule has 0 spiro atoms. The van der Waals surface area contributed by atoms with Crippen molar-refractivity contribution in [2.75, 3.05) is 5.32 Å². The van der Waals surface area contributed by atoms with E-state index in [0.717, 1.165) is 0 Å². The van der Waals surface area contributed by atoms with Crippen LogP contribution in [0.4, 0.5) is 10.2 Å². The van der Waals surface area contributed by atoms with Crippen molar-refractivity contribution in [3.8, 4) is 0 Å². The molecule has 0 aliphatic heterocycles. The van der Waals surface area contributed by atoms with Crippen LogP contribution in [0.2, 0.25) is 0 Å². The monoisotopic (exact) mass is 389 g/mol. The molecule has 2 aromatic heterocycles. The minimum Gasteiger partial charge on any atom is -0.303 e. The van der Waals surface area contributed by atoms with E-state index >= 15 is 0 Å². The van der Waals surface area contributed by atoms with Crippen LogP contribution in [-0.4, -0.2) is 25.7 Å². The second-order valence-corrected chi connectivity index (χ2v) is 5.91. The molecule has 0 bridgehead atoms. The molecule has 1 N–H and O–H groups in total. The first-order chi connectivity index (χ1) is 11.5. The van der Waals surface area contributed by atoms with Gasteiger partial charge in [0.1, 0.15) is 17.3 Å². The number of hydrogen-bond donors (Lipinski definition) is 1. The molecule has 3 rings (SSSR count). The number of hydrogen-bond acceptors (Lipinski definition) is 4. The molecule has 3 aromatic rings. The molecule has 24 heavy (non-hydrogen) atoms. The fourth-order valence-corrected chi connectivity index (χ4v) is 2.53. The van der Waals surface area contributed by atoms with E-state index in [0.29, 0.717) is 21.7 Å². The number of carbonyl (C=O) groups excluding carboxylic acids is 1. The van der Waals surface area contributed by atoms with E-state index in [2.05, 4.69) is 36.3 Å². The van der Waals surface area contributed by atoms with Gasteiger partial charge in [-0.3, -0.25) is 9.48 Å². The zero-order valence-corrected chi connectivity index (χ0v) is 14.3. The first-order valence-electron chi connectivity index (χ1n) is 7.10. The molecule has 1 aromatic carbocycles. The molecule has 0 fully saturated rings. The minimum atomic E-state index is -0.391. The van der Waals surface area contributed by atoms with Gasteiger partial charge in [-0.15, -0.1) is 0 Å². The van der Waals surface area contributed by atoms with Crippen LogP contribution >= 0.6 is 15.9 Å². The summed E-state index contributed by atoms with van der Waals surface area (Å²) in [5, 5.41) is 6.93. The summed E-state index contributed by atoms with van der Waals surface area (Å²) in [6.45, 7) is 1.96. The van der Waals surface area contributed by atoms with Gasteiger partial charge in [-0.1, -0.05) is 18.2 Å². The SMILES string of the molecule is Cc1nccc(C(=O)Nc2nn(Cc3ccccc3F)cc2Br)n1. The lowest BCUT2D eigenvalue weighted by Gasteiger charge is -2.04. The van der Waals surface area contributed by atoms with E-state index in [1.165, 1.54) is 18.3 Å². The first kappa shape index (κ1) is 16.3. The first-order valence-corrected chi connectivity index (χ1v) is 7.89. The van der Waals surface area contributed by atoms with E-state index in [9.17, 15) is 9.18 Å². The lowest BCUT2D eigenvalue weighted by atomic mass is 10.2. The van der Waals surface area contributed by atoms with Crippen LogP contribution < -0.4 is 5.32 Å². The number of benzene rings is 1. The quantitative estimate of drug-likeness (QED) is 0.743. The van der Waals surface area contributed by atoms with Crippen LogP contribution in [0.15, 0.2) is 47.2 Å². The maximum absolute atomic E-state index is 13.7. The number of rotatable bonds is 4. The zero-order chi connectivity index (χ0) is 17.1. The third-order valence-corrected chi connectivity index (χ3v) is 3.83. The van der Waals surface area contributed by atoms with Gasteiger partial charge in [-0.25, -0.2) is 14.4 Å². The topological polar surface area (TPSA) is 72.7 Å². The van der Waals surface area contributed by atoms with Crippen molar-refractivity contribution in [2.24, 2.45) is 0 Å². The smallest absolute Gasteiger partial charge is 0.275 e. The summed E-state index contributed by atoms with van der Waals surface area (Å²) in [6, 6.07) is 8.00. The Bertz CT molecular complexity index is 896. The number of nitrogens with one attached hydrogen (secondary N) is 1. The highest BCUT2D eigenvalue weighted by molar-refractivity contribution is 9.10. The largest absolute Gasteiger partial charge is 0.303 e. The van der Waals surface area contributed by atoms with Gasteiger partial charge >= 0.3 is 0 Å². The Morgan fingerprint density at radius 2 is 2.12 bits per heavy atom. The average molecular weight is 390 g/mol. The number of aromatic nitrogens is 4. The third-order valence-electron chi connectivity index (χ3n) is 3.25. The number of nitrogens with zero attached hydrogens (tertiary/aromatic N) is 4. The van der Waals surface area contributed by atoms with Gasteiger partial charge in [0.05, 0.1) is 11.0 Å². The number of anilines is 1. The fraction of sp³-hybridized carbons (Fsp3) is 0.125. The van der Waals surface area contributed by atoms with E-state index in [1.807, 2.05) is 0 Å². The van der Waals surface area contributed by atoms with E-state index in [1.54, 1.807) is 36.0 Å². The van der Waals surface area contributed by atoms with Crippen molar-refractivity contribution in [3.63, 3.8) is 0 Å². The van der Waals surface area contributed by atoms with Gasteiger partial charge in [0.25, 0.3) is 5.91 Å². The highest BCUT2D eigenvalue weighted by Gasteiger charge is 2.14. The van der Waals surface area contributed by atoms with Gasteiger partial charge in [-0.2, -0.15) is 5.10 Å². The normalized spacial score (nSPS) is 10.6. The lowest BCUT2D eigenvalue weighted by molar-refractivity contribution is 0.102. The van der Waals surface area contributed by atoms with Crippen LogP contribution in [0.1, 0.15) is 21.9 Å². The maximum Gasteiger partial charge on any atom is 0.275 e. The number of carbonyl (C=O) groups is 1. The maximum atomic E-state index is 13.7. The molecule has 0 saturated carbocycles. The molecular weight excluding hydrogens is 377 g/mol. The van der Waals surface area contributed by atoms with E-state index in [-0.39, 0.29) is 18.1 Å². The third kappa shape index (κ3) is 3.65. The van der Waals surface area contributed by atoms with Crippen molar-refractivity contribution in [2.45, 2.75) is 13.5 Å². The average Bonchev–Trinajstić information content (AvgIpc) is 2.89. The van der Waals surface area contributed by atoms with Crippen LogP contribution in [0, 0.1) is 12.7 Å². The predicted octanol–water partition coefficient (Wildman–Crippen LogP) is 3.18. The van der Waals surface area contributed by atoms with Crippen molar-refractivity contribution >= 4 is 27.7 Å². The number of amides is 1. The summed E-state index contributed by atoms with van der Waals surface area (Å²) >= 11 is 3.34. The summed E-state index contributed by atoms with van der Waals surface area (Å²) < 4.78 is 15.9. The zero-order valence-electron chi connectivity index (χ0n) is 12.7. The second kappa shape index (κ2) is 6.88. The van der Waals surface area contributed by atoms with Crippen LogP contribution in [0.3, 0.4) is 0 Å². The molecule has 0 unspecified atom stereocenters. The predicted molar refractivity (Wildman–Crippen MR) is 90.2 cm³/mol. The van der Waals surface area contributed by atoms with Gasteiger partial charge in [-0.05, 0) is 35.0 Å². The Balaban J connectivity index is 1.77. The summed E-state index contributed by atoms with van der Waals surface area (Å²) in [6.07, 6.45) is 3.19. The molecule has 122 valence electrons. The summed E-state index contributed by atoms with van der Waals surface area (Å²) in [5.41, 5.74) is 0.759. The molecule has 0 aliphatic carbocycles. The molecule has 0 radical (unpaired) electrons. The Kier molecular flexibility index (Phi) is 4.66. The van der Waals surface area contributed by atoms with Gasteiger partial charge in [0, 0.05) is 18.0 Å². The molecule has 2 heterocycles. The van der Waals surface area contributed by atoms with Gasteiger partial charge in [0.15, 0.2) is 5.82 Å². The molecular formula is C16H13BrFN5O. The van der Waals surface area contributed by atoms with Crippen molar-refractivity contribution in [3.05, 3.63) is 70.1 Å². The summed E-state index contributed by atoms with van der Waals surface area (Å²) in [5.74, 6) is 0.155. The van der Waals surface area contributed by atoms with Gasteiger partial charge < -0.3 is 5.32 Å². The Hall–Kier alpha value is -2.61. The molecule has 0 atom stereocenters. The minimum absolute atomic E-state index is 0.248. The van der Waals surface area contributed by atoms with Crippen LogP contribution in [0.25, 0.3) is 0 Å². The molecule has 0 saturated heterocycles.